The van der Waals surface area contributed by atoms with E-state index >= 15 is 0 Å². The first-order valence-corrected chi connectivity index (χ1v) is 8.72. The van der Waals surface area contributed by atoms with E-state index in [0.29, 0.717) is 28.2 Å². The van der Waals surface area contributed by atoms with Crippen LogP contribution in [-0.4, -0.2) is 40.3 Å². The molecule has 3 aromatic rings. The highest BCUT2D eigenvalue weighted by atomic mass is 32.2. The van der Waals surface area contributed by atoms with Gasteiger partial charge in [-0.1, -0.05) is 0 Å². The van der Waals surface area contributed by atoms with E-state index < -0.39 is 17.8 Å². The van der Waals surface area contributed by atoms with Crippen LogP contribution in [0.1, 0.15) is 5.69 Å². The van der Waals surface area contributed by atoms with Crippen LogP contribution in [0.4, 0.5) is 8.78 Å². The second-order valence-electron chi connectivity index (χ2n) is 5.12. The summed E-state index contributed by atoms with van der Waals surface area (Å²) in [5.41, 5.74) is 1.48. The number of H-pyrrole nitrogens is 1. The summed E-state index contributed by atoms with van der Waals surface area (Å²) in [5, 5.41) is 0.214. The standard InChI is InChI=1S/C16H15F2N3O4S/c1-23-13-5-9(19-7-14(13)24-2)8-26(22)16-20-11-4-3-10(25-15(17)18)6-12(11)21-16/h3-7,15H,8H2,1-2H3,(H,20,21). The molecule has 1 N–H and O–H groups in total. The lowest BCUT2D eigenvalue weighted by Crippen LogP contribution is -2.08. The van der Waals surface area contributed by atoms with Gasteiger partial charge in [0.25, 0.3) is 0 Å². The van der Waals surface area contributed by atoms with E-state index in [1.165, 1.54) is 38.6 Å². The lowest BCUT2D eigenvalue weighted by molar-refractivity contribution is -0.0497. The summed E-state index contributed by atoms with van der Waals surface area (Å²) in [7, 11) is 2.99. The van der Waals surface area contributed by atoms with Crippen LogP contribution < -0.4 is 14.2 Å². The quantitative estimate of drug-likeness (QED) is 0.631. The van der Waals surface area contributed by atoms with Crippen LogP contribution in [0.2, 0.25) is 0 Å². The topological polar surface area (TPSA) is 92.3 Å². The molecule has 0 aliphatic carbocycles. The third-order valence-corrected chi connectivity index (χ3v) is 4.66. The summed E-state index contributed by atoms with van der Waals surface area (Å²) >= 11 is -1.52. The Morgan fingerprint density at radius 1 is 1.19 bits per heavy atom. The predicted molar refractivity (Wildman–Crippen MR) is 90.2 cm³/mol. The third kappa shape index (κ3) is 3.97. The first kappa shape index (κ1) is 18.2. The minimum absolute atomic E-state index is 0.0158. The van der Waals surface area contributed by atoms with Gasteiger partial charge in [0.05, 0.1) is 37.1 Å². The van der Waals surface area contributed by atoms with Gasteiger partial charge in [0.2, 0.25) is 0 Å². The number of hydrogen-bond acceptors (Lipinski definition) is 6. The lowest BCUT2D eigenvalue weighted by atomic mass is 10.3. The number of hydrogen-bond donors (Lipinski definition) is 1. The van der Waals surface area contributed by atoms with E-state index in [9.17, 15) is 13.3 Å². The van der Waals surface area contributed by atoms with E-state index in [4.69, 9.17) is 9.47 Å². The summed E-state index contributed by atoms with van der Waals surface area (Å²) in [6, 6.07) is 5.91. The van der Waals surface area contributed by atoms with Crippen molar-refractivity contribution in [2.24, 2.45) is 0 Å². The van der Waals surface area contributed by atoms with E-state index in [1.807, 2.05) is 0 Å². The molecule has 0 aliphatic rings. The minimum atomic E-state index is -2.92. The van der Waals surface area contributed by atoms with Gasteiger partial charge in [-0.15, -0.1) is 0 Å². The van der Waals surface area contributed by atoms with Gasteiger partial charge in [-0.25, -0.2) is 0 Å². The highest BCUT2D eigenvalue weighted by Gasteiger charge is 2.20. The van der Waals surface area contributed by atoms with Crippen molar-refractivity contribution < 1.29 is 27.5 Å². The fourth-order valence-electron chi connectivity index (χ4n) is 2.31. The molecule has 10 heteroatoms. The maximum absolute atomic E-state index is 12.6. The van der Waals surface area contributed by atoms with Crippen molar-refractivity contribution >= 4 is 22.2 Å². The normalized spacial score (nSPS) is 12.4. The van der Waals surface area contributed by atoms with Gasteiger partial charge in [-0.2, -0.15) is 13.8 Å². The molecule has 0 bridgehead atoms. The SMILES string of the molecule is COc1cnc(C[S+]([O-])c2nc3cc(OC(F)F)ccc3[nH]2)cc1OC. The number of imidazole rings is 1. The van der Waals surface area contributed by atoms with E-state index in [-0.39, 0.29) is 16.7 Å². The Hall–Kier alpha value is -2.59. The molecule has 26 heavy (non-hydrogen) atoms. The molecule has 1 aromatic carbocycles. The van der Waals surface area contributed by atoms with E-state index in [0.717, 1.165) is 0 Å². The molecule has 0 amide bonds. The molecule has 1 atom stereocenters. The molecule has 138 valence electrons. The van der Waals surface area contributed by atoms with E-state index in [2.05, 4.69) is 19.7 Å². The van der Waals surface area contributed by atoms with Gasteiger partial charge in [0, 0.05) is 23.3 Å². The number of ether oxygens (including phenoxy) is 3. The zero-order valence-corrected chi connectivity index (χ0v) is 14.7. The van der Waals surface area contributed by atoms with E-state index in [1.54, 1.807) is 6.07 Å². The molecule has 0 saturated heterocycles. The molecule has 7 nitrogen and oxygen atoms in total. The number of aromatic nitrogens is 3. The average Bonchev–Trinajstić information content (AvgIpc) is 3.04. The molecule has 1 unspecified atom stereocenters. The second-order valence-corrected chi connectivity index (χ2v) is 6.49. The summed E-state index contributed by atoms with van der Waals surface area (Å²) in [6.07, 6.45) is 1.48. The molecular weight excluding hydrogens is 368 g/mol. The van der Waals surface area contributed by atoms with Crippen LogP contribution in [0.15, 0.2) is 35.6 Å². The molecule has 2 heterocycles. The molecule has 3 rings (SSSR count). The van der Waals surface area contributed by atoms with Gasteiger partial charge in [-0.3, -0.25) is 9.97 Å². The highest BCUT2D eigenvalue weighted by molar-refractivity contribution is 7.90. The number of rotatable bonds is 7. The Morgan fingerprint density at radius 3 is 2.65 bits per heavy atom. The highest BCUT2D eigenvalue weighted by Crippen LogP contribution is 2.28. The fraction of sp³-hybridized carbons (Fsp3) is 0.250. The van der Waals surface area contributed by atoms with Gasteiger partial charge >= 0.3 is 11.8 Å². The van der Waals surface area contributed by atoms with Crippen LogP contribution in [0.3, 0.4) is 0 Å². The predicted octanol–water partition coefficient (Wildman–Crippen LogP) is 2.88. The Kier molecular flexibility index (Phi) is 5.43. The van der Waals surface area contributed by atoms with Crippen LogP contribution in [-0.2, 0) is 16.9 Å². The van der Waals surface area contributed by atoms with Crippen molar-refractivity contribution in [1.82, 2.24) is 15.0 Å². The Bertz CT molecular complexity index is 906. The van der Waals surface area contributed by atoms with Crippen molar-refractivity contribution in [3.8, 4) is 17.2 Å². The van der Waals surface area contributed by atoms with Crippen LogP contribution in [0.25, 0.3) is 11.0 Å². The number of pyridine rings is 1. The van der Waals surface area contributed by atoms with Crippen molar-refractivity contribution in [3.63, 3.8) is 0 Å². The largest absolute Gasteiger partial charge is 0.609 e. The van der Waals surface area contributed by atoms with Crippen molar-refractivity contribution in [1.29, 1.82) is 0 Å². The summed E-state index contributed by atoms with van der Waals surface area (Å²) in [5.74, 6) is 1.03. The molecule has 0 fully saturated rings. The van der Waals surface area contributed by atoms with Crippen LogP contribution >= 0.6 is 0 Å². The maximum Gasteiger partial charge on any atom is 0.387 e. The monoisotopic (exact) mass is 383 g/mol. The van der Waals surface area contributed by atoms with Crippen molar-refractivity contribution in [2.75, 3.05) is 14.2 Å². The first-order chi connectivity index (χ1) is 12.5. The summed E-state index contributed by atoms with van der Waals surface area (Å²) in [6.45, 7) is -2.92. The molecule has 0 spiro atoms. The number of benzene rings is 1. The smallest absolute Gasteiger partial charge is 0.387 e. The number of nitrogens with one attached hydrogen (secondary N) is 1. The third-order valence-electron chi connectivity index (χ3n) is 3.48. The number of fused-ring (bicyclic) bond motifs is 1. The van der Waals surface area contributed by atoms with Crippen molar-refractivity contribution in [3.05, 3.63) is 36.2 Å². The van der Waals surface area contributed by atoms with Gasteiger partial charge in [0.1, 0.15) is 5.75 Å². The van der Waals surface area contributed by atoms with Crippen LogP contribution in [0, 0.1) is 0 Å². The number of alkyl halides is 2. The number of halogens is 2. The van der Waals surface area contributed by atoms with Crippen LogP contribution in [0.5, 0.6) is 17.2 Å². The zero-order chi connectivity index (χ0) is 18.7. The fourth-order valence-corrected chi connectivity index (χ4v) is 3.29. The zero-order valence-electron chi connectivity index (χ0n) is 13.9. The summed E-state index contributed by atoms with van der Waals surface area (Å²) in [4.78, 5) is 11.3. The molecule has 0 aliphatic heterocycles. The molecular formula is C16H15F2N3O4S. The minimum Gasteiger partial charge on any atom is -0.609 e. The lowest BCUT2D eigenvalue weighted by Gasteiger charge is -2.10. The first-order valence-electron chi connectivity index (χ1n) is 7.40. The second kappa shape index (κ2) is 7.75. The molecule has 0 saturated carbocycles. The van der Waals surface area contributed by atoms with Gasteiger partial charge in [0.15, 0.2) is 17.3 Å². The number of methoxy groups -OCH3 is 2. The van der Waals surface area contributed by atoms with Gasteiger partial charge in [-0.05, 0) is 12.1 Å². The Balaban J connectivity index is 1.80. The van der Waals surface area contributed by atoms with Crippen molar-refractivity contribution in [2.45, 2.75) is 17.5 Å². The Morgan fingerprint density at radius 2 is 1.96 bits per heavy atom. The van der Waals surface area contributed by atoms with Gasteiger partial charge < -0.3 is 18.8 Å². The number of nitrogens with zero attached hydrogens (tertiary/aromatic N) is 2. The Labute approximate surface area is 150 Å². The number of aromatic amines is 1. The maximum atomic E-state index is 12.6. The average molecular weight is 383 g/mol. The summed E-state index contributed by atoms with van der Waals surface area (Å²) < 4.78 is 51.8. The molecule has 2 aromatic heterocycles. The molecule has 0 radical (unpaired) electrons.